The third-order valence-corrected chi connectivity index (χ3v) is 3.68. The summed E-state index contributed by atoms with van der Waals surface area (Å²) in [4.78, 5) is 4.32. The first kappa shape index (κ1) is 15.0. The average molecular weight is 275 g/mol. The molecule has 0 bridgehead atoms. The highest BCUT2D eigenvalue weighted by Crippen LogP contribution is 2.18. The topological polar surface area (TPSA) is 50.1 Å². The second kappa shape index (κ2) is 7.41. The van der Waals surface area contributed by atoms with Crippen LogP contribution in [0.3, 0.4) is 0 Å². The highest BCUT2D eigenvalue weighted by Gasteiger charge is 2.09. The van der Waals surface area contributed by atoms with Gasteiger partial charge in [0.25, 0.3) is 0 Å². The molecular formula is C16H25N3O. The van der Waals surface area contributed by atoms with E-state index in [1.165, 1.54) is 25.7 Å². The predicted octanol–water partition coefficient (Wildman–Crippen LogP) is 2.78. The zero-order valence-electron chi connectivity index (χ0n) is 12.5. The maximum Gasteiger partial charge on any atom is 0.0955 e. The summed E-state index contributed by atoms with van der Waals surface area (Å²) >= 11 is 0. The van der Waals surface area contributed by atoms with Crippen molar-refractivity contribution in [3.8, 4) is 0 Å². The Kier molecular flexibility index (Phi) is 5.56. The number of benzene rings is 1. The maximum atomic E-state index is 10.2. The van der Waals surface area contributed by atoms with Crippen molar-refractivity contribution in [2.45, 2.75) is 38.7 Å². The lowest BCUT2D eigenvalue weighted by molar-refractivity contribution is 0.175. The zero-order valence-corrected chi connectivity index (χ0v) is 12.5. The van der Waals surface area contributed by atoms with Crippen LogP contribution in [0.2, 0.25) is 0 Å². The van der Waals surface area contributed by atoms with E-state index >= 15 is 0 Å². The molecule has 110 valence electrons. The summed E-state index contributed by atoms with van der Waals surface area (Å²) in [5.74, 6) is 0. The molecule has 2 N–H and O–H groups in total. The van der Waals surface area contributed by atoms with Gasteiger partial charge in [-0.05, 0) is 30.7 Å². The van der Waals surface area contributed by atoms with Crippen molar-refractivity contribution in [1.82, 2.24) is 14.9 Å². The van der Waals surface area contributed by atoms with Crippen LogP contribution in [-0.4, -0.2) is 27.7 Å². The minimum atomic E-state index is -0.465. The number of rotatable bonds is 8. The van der Waals surface area contributed by atoms with E-state index in [1.807, 2.05) is 29.8 Å². The molecule has 2 rings (SSSR count). The SMILES string of the molecule is CCCCCCNCC(O)c1ccc2c(c1)ncn2C. The van der Waals surface area contributed by atoms with Crippen LogP contribution in [0.5, 0.6) is 0 Å². The van der Waals surface area contributed by atoms with E-state index in [4.69, 9.17) is 0 Å². The summed E-state index contributed by atoms with van der Waals surface area (Å²) in [7, 11) is 1.98. The number of imidazole rings is 1. The Bertz CT molecular complexity index is 536. The van der Waals surface area contributed by atoms with Crippen LogP contribution < -0.4 is 5.32 Å². The number of aliphatic hydroxyl groups excluding tert-OH is 1. The first-order chi connectivity index (χ1) is 9.72. The second-order valence-corrected chi connectivity index (χ2v) is 5.38. The van der Waals surface area contributed by atoms with E-state index in [0.717, 1.165) is 23.1 Å². The number of aromatic nitrogens is 2. The van der Waals surface area contributed by atoms with Gasteiger partial charge in [0.05, 0.1) is 23.5 Å². The third kappa shape index (κ3) is 3.81. The van der Waals surface area contributed by atoms with Gasteiger partial charge in [0, 0.05) is 13.6 Å². The van der Waals surface area contributed by atoms with Gasteiger partial charge < -0.3 is 15.0 Å². The van der Waals surface area contributed by atoms with Crippen LogP contribution >= 0.6 is 0 Å². The summed E-state index contributed by atoms with van der Waals surface area (Å²) < 4.78 is 1.98. The molecule has 4 heteroatoms. The van der Waals surface area contributed by atoms with Gasteiger partial charge in [0.1, 0.15) is 0 Å². The van der Waals surface area contributed by atoms with Crippen LogP contribution in [-0.2, 0) is 7.05 Å². The van der Waals surface area contributed by atoms with E-state index in [-0.39, 0.29) is 0 Å². The van der Waals surface area contributed by atoms with E-state index in [1.54, 1.807) is 6.33 Å². The normalized spacial score (nSPS) is 12.9. The fraction of sp³-hybridized carbons (Fsp3) is 0.562. The molecule has 4 nitrogen and oxygen atoms in total. The molecule has 1 atom stereocenters. The number of hydrogen-bond donors (Lipinski definition) is 2. The summed E-state index contributed by atoms with van der Waals surface area (Å²) in [6, 6.07) is 5.97. The van der Waals surface area contributed by atoms with Gasteiger partial charge in [0.2, 0.25) is 0 Å². The molecule has 0 radical (unpaired) electrons. The van der Waals surface area contributed by atoms with Crippen molar-refractivity contribution >= 4 is 11.0 Å². The molecule has 1 aromatic heterocycles. The van der Waals surface area contributed by atoms with Crippen LogP contribution in [0.1, 0.15) is 44.3 Å². The minimum absolute atomic E-state index is 0.465. The lowest BCUT2D eigenvalue weighted by atomic mass is 10.1. The smallest absolute Gasteiger partial charge is 0.0955 e. The Morgan fingerprint density at radius 3 is 2.95 bits per heavy atom. The molecule has 1 aromatic carbocycles. The molecule has 0 saturated carbocycles. The number of nitrogens with zero attached hydrogens (tertiary/aromatic N) is 2. The predicted molar refractivity (Wildman–Crippen MR) is 82.7 cm³/mol. The standard InChI is InChI=1S/C16H25N3O/c1-3-4-5-6-9-17-11-16(20)13-7-8-15-14(10-13)18-12-19(15)2/h7-8,10,12,16-17,20H,3-6,9,11H2,1-2H3. The monoisotopic (exact) mass is 275 g/mol. The Balaban J connectivity index is 1.83. The van der Waals surface area contributed by atoms with Gasteiger partial charge in [-0.1, -0.05) is 32.3 Å². The fourth-order valence-electron chi connectivity index (χ4n) is 2.39. The van der Waals surface area contributed by atoms with Crippen molar-refractivity contribution in [1.29, 1.82) is 0 Å². The lowest BCUT2D eigenvalue weighted by Crippen LogP contribution is -2.22. The molecule has 2 aromatic rings. The Morgan fingerprint density at radius 1 is 1.30 bits per heavy atom. The summed E-state index contributed by atoms with van der Waals surface area (Å²) in [5.41, 5.74) is 2.96. The van der Waals surface area contributed by atoms with Gasteiger partial charge in [-0.3, -0.25) is 0 Å². The third-order valence-electron chi connectivity index (χ3n) is 3.68. The van der Waals surface area contributed by atoms with E-state index in [9.17, 15) is 5.11 Å². The number of unbranched alkanes of at least 4 members (excludes halogenated alkanes) is 3. The van der Waals surface area contributed by atoms with Crippen molar-refractivity contribution in [2.75, 3.05) is 13.1 Å². The number of fused-ring (bicyclic) bond motifs is 1. The van der Waals surface area contributed by atoms with Gasteiger partial charge in [-0.2, -0.15) is 0 Å². The molecule has 0 fully saturated rings. The number of aliphatic hydroxyl groups is 1. The molecule has 0 aliphatic heterocycles. The summed E-state index contributed by atoms with van der Waals surface area (Å²) in [5, 5.41) is 13.5. The number of aryl methyl sites for hydroxylation is 1. The van der Waals surface area contributed by atoms with Gasteiger partial charge in [-0.15, -0.1) is 0 Å². The van der Waals surface area contributed by atoms with Crippen LogP contribution in [0, 0.1) is 0 Å². The van der Waals surface area contributed by atoms with Crippen LogP contribution in [0.15, 0.2) is 24.5 Å². The van der Waals surface area contributed by atoms with Gasteiger partial charge in [0.15, 0.2) is 0 Å². The Morgan fingerprint density at radius 2 is 2.15 bits per heavy atom. The Labute approximate surface area is 120 Å². The molecule has 0 amide bonds. The molecule has 0 aliphatic carbocycles. The average Bonchev–Trinajstić information content (AvgIpc) is 2.83. The first-order valence-corrected chi connectivity index (χ1v) is 7.52. The summed E-state index contributed by atoms with van der Waals surface area (Å²) in [6.07, 6.45) is 6.33. The minimum Gasteiger partial charge on any atom is -0.387 e. The summed E-state index contributed by atoms with van der Waals surface area (Å²) in [6.45, 7) is 3.79. The second-order valence-electron chi connectivity index (χ2n) is 5.38. The van der Waals surface area contributed by atoms with Crippen molar-refractivity contribution in [3.63, 3.8) is 0 Å². The highest BCUT2D eigenvalue weighted by atomic mass is 16.3. The molecule has 0 saturated heterocycles. The van der Waals surface area contributed by atoms with Crippen molar-refractivity contribution in [3.05, 3.63) is 30.1 Å². The quantitative estimate of drug-likeness (QED) is 0.728. The first-order valence-electron chi connectivity index (χ1n) is 7.52. The van der Waals surface area contributed by atoms with E-state index in [0.29, 0.717) is 6.54 Å². The molecule has 0 aliphatic rings. The van der Waals surface area contributed by atoms with Crippen molar-refractivity contribution < 1.29 is 5.11 Å². The molecule has 1 heterocycles. The molecule has 0 spiro atoms. The number of nitrogens with one attached hydrogen (secondary N) is 1. The highest BCUT2D eigenvalue weighted by molar-refractivity contribution is 5.76. The van der Waals surface area contributed by atoms with E-state index in [2.05, 4.69) is 17.2 Å². The van der Waals surface area contributed by atoms with Gasteiger partial charge in [-0.25, -0.2) is 4.98 Å². The molecule has 1 unspecified atom stereocenters. The lowest BCUT2D eigenvalue weighted by Gasteiger charge is -2.12. The fourth-order valence-corrected chi connectivity index (χ4v) is 2.39. The van der Waals surface area contributed by atoms with E-state index < -0.39 is 6.10 Å². The molecule has 20 heavy (non-hydrogen) atoms. The largest absolute Gasteiger partial charge is 0.387 e. The maximum absolute atomic E-state index is 10.2. The Hall–Kier alpha value is -1.39. The van der Waals surface area contributed by atoms with Crippen LogP contribution in [0.4, 0.5) is 0 Å². The van der Waals surface area contributed by atoms with Crippen molar-refractivity contribution in [2.24, 2.45) is 7.05 Å². The van der Waals surface area contributed by atoms with Gasteiger partial charge >= 0.3 is 0 Å². The number of hydrogen-bond acceptors (Lipinski definition) is 3. The molecular weight excluding hydrogens is 250 g/mol. The zero-order chi connectivity index (χ0) is 14.4. The van der Waals surface area contributed by atoms with Crippen LogP contribution in [0.25, 0.3) is 11.0 Å².